The summed E-state index contributed by atoms with van der Waals surface area (Å²) in [5.74, 6) is 0.983. The number of nitrogens with zero attached hydrogens (tertiary/aromatic N) is 1. The van der Waals surface area contributed by atoms with Gasteiger partial charge in [0.05, 0.1) is 6.10 Å². The average Bonchev–Trinajstić information content (AvgIpc) is 2.26. The monoisotopic (exact) mass is 250 g/mol. The van der Waals surface area contributed by atoms with Gasteiger partial charge in [0.25, 0.3) is 0 Å². The van der Waals surface area contributed by atoms with Gasteiger partial charge < -0.3 is 15.0 Å². The molecule has 102 valence electrons. The van der Waals surface area contributed by atoms with Crippen molar-refractivity contribution in [3.8, 4) is 5.75 Å². The molecule has 1 aromatic carbocycles. The van der Waals surface area contributed by atoms with E-state index in [2.05, 4.69) is 57.2 Å². The summed E-state index contributed by atoms with van der Waals surface area (Å²) in [6.45, 7) is 8.19. The van der Waals surface area contributed by atoms with E-state index in [9.17, 15) is 0 Å². The number of ether oxygens (including phenoxy) is 1. The van der Waals surface area contributed by atoms with E-state index in [1.54, 1.807) is 0 Å². The normalized spacial score (nSPS) is 13.1. The van der Waals surface area contributed by atoms with Gasteiger partial charge in [0, 0.05) is 24.7 Å². The molecular weight excluding hydrogens is 224 g/mol. The summed E-state index contributed by atoms with van der Waals surface area (Å²) < 4.78 is 5.81. The van der Waals surface area contributed by atoms with Gasteiger partial charge in [0.2, 0.25) is 0 Å². The lowest BCUT2D eigenvalue weighted by Gasteiger charge is -2.20. The Kier molecular flexibility index (Phi) is 6.16. The van der Waals surface area contributed by atoms with Gasteiger partial charge in [-0.2, -0.15) is 0 Å². The maximum absolute atomic E-state index is 5.81. The van der Waals surface area contributed by atoms with E-state index in [4.69, 9.17) is 4.74 Å². The van der Waals surface area contributed by atoms with Crippen LogP contribution >= 0.6 is 0 Å². The molecule has 0 aromatic heterocycles. The number of rotatable bonds is 7. The minimum atomic E-state index is 0.213. The smallest absolute Gasteiger partial charge is 0.124 e. The largest absolute Gasteiger partial charge is 0.491 e. The number of hydrogen-bond acceptors (Lipinski definition) is 3. The maximum Gasteiger partial charge on any atom is 0.124 e. The van der Waals surface area contributed by atoms with E-state index in [1.807, 2.05) is 12.1 Å². The Labute approximate surface area is 111 Å². The van der Waals surface area contributed by atoms with Gasteiger partial charge in [-0.25, -0.2) is 0 Å². The van der Waals surface area contributed by atoms with Crippen molar-refractivity contribution in [1.29, 1.82) is 0 Å². The molecule has 0 amide bonds. The van der Waals surface area contributed by atoms with Crippen molar-refractivity contribution in [1.82, 2.24) is 10.2 Å². The van der Waals surface area contributed by atoms with Crippen LogP contribution in [0.4, 0.5) is 0 Å². The molecule has 1 rings (SSSR count). The van der Waals surface area contributed by atoms with Crippen molar-refractivity contribution >= 4 is 0 Å². The highest BCUT2D eigenvalue weighted by atomic mass is 16.5. The highest BCUT2D eigenvalue weighted by molar-refractivity contribution is 5.33. The Morgan fingerprint density at radius 2 is 1.83 bits per heavy atom. The summed E-state index contributed by atoms with van der Waals surface area (Å²) in [7, 11) is 4.18. The SMILES string of the molecule is CC(CN(C)C)NCc1ccccc1OC(C)C. The summed E-state index contributed by atoms with van der Waals surface area (Å²) in [6, 6.07) is 8.69. The number of para-hydroxylation sites is 1. The van der Waals surface area contributed by atoms with Gasteiger partial charge in [-0.1, -0.05) is 18.2 Å². The lowest BCUT2D eigenvalue weighted by molar-refractivity contribution is 0.239. The van der Waals surface area contributed by atoms with E-state index in [1.165, 1.54) is 5.56 Å². The lowest BCUT2D eigenvalue weighted by Crippen LogP contribution is -2.35. The van der Waals surface area contributed by atoms with Crippen LogP contribution in [0.2, 0.25) is 0 Å². The van der Waals surface area contributed by atoms with Gasteiger partial charge in [-0.3, -0.25) is 0 Å². The molecule has 1 N–H and O–H groups in total. The molecule has 0 saturated heterocycles. The summed E-state index contributed by atoms with van der Waals surface area (Å²) in [5, 5.41) is 3.52. The van der Waals surface area contributed by atoms with Crippen molar-refractivity contribution in [2.75, 3.05) is 20.6 Å². The summed E-state index contributed by atoms with van der Waals surface area (Å²) in [4.78, 5) is 2.19. The van der Waals surface area contributed by atoms with Crippen LogP contribution in [0.5, 0.6) is 5.75 Å². The van der Waals surface area contributed by atoms with Gasteiger partial charge in [-0.05, 0) is 40.9 Å². The molecule has 0 aliphatic heterocycles. The minimum Gasteiger partial charge on any atom is -0.491 e. The van der Waals surface area contributed by atoms with E-state index in [0.717, 1.165) is 18.8 Å². The molecule has 0 aliphatic carbocycles. The quantitative estimate of drug-likeness (QED) is 0.805. The fourth-order valence-corrected chi connectivity index (χ4v) is 1.92. The maximum atomic E-state index is 5.81. The van der Waals surface area contributed by atoms with Gasteiger partial charge in [0.1, 0.15) is 5.75 Å². The molecule has 0 spiro atoms. The number of likely N-dealkylation sites (N-methyl/N-ethyl adjacent to an activating group) is 1. The first-order chi connectivity index (χ1) is 8.49. The standard InChI is InChI=1S/C15H26N2O/c1-12(2)18-15-9-7-6-8-14(15)10-16-13(3)11-17(4)5/h6-9,12-13,16H,10-11H2,1-5H3. The first kappa shape index (κ1) is 15.0. The molecule has 3 heteroatoms. The van der Waals surface area contributed by atoms with Crippen molar-refractivity contribution in [2.24, 2.45) is 0 Å². The highest BCUT2D eigenvalue weighted by Crippen LogP contribution is 2.19. The zero-order chi connectivity index (χ0) is 13.5. The van der Waals surface area contributed by atoms with Crippen molar-refractivity contribution in [3.05, 3.63) is 29.8 Å². The van der Waals surface area contributed by atoms with Gasteiger partial charge in [0.15, 0.2) is 0 Å². The Morgan fingerprint density at radius 1 is 1.17 bits per heavy atom. The third-order valence-electron chi connectivity index (χ3n) is 2.62. The molecule has 18 heavy (non-hydrogen) atoms. The fourth-order valence-electron chi connectivity index (χ4n) is 1.92. The minimum absolute atomic E-state index is 0.213. The summed E-state index contributed by atoms with van der Waals surface area (Å²) in [5.41, 5.74) is 1.22. The van der Waals surface area contributed by atoms with Crippen LogP contribution in [-0.4, -0.2) is 37.7 Å². The van der Waals surface area contributed by atoms with Crippen LogP contribution in [0.1, 0.15) is 26.3 Å². The molecule has 0 saturated carbocycles. The highest BCUT2D eigenvalue weighted by Gasteiger charge is 2.07. The van der Waals surface area contributed by atoms with Crippen molar-refractivity contribution < 1.29 is 4.74 Å². The Balaban J connectivity index is 2.55. The second-order valence-corrected chi connectivity index (χ2v) is 5.32. The Hall–Kier alpha value is -1.06. The van der Waals surface area contributed by atoms with Crippen molar-refractivity contribution in [2.45, 2.75) is 39.5 Å². The third-order valence-corrected chi connectivity index (χ3v) is 2.62. The Bertz CT molecular complexity index is 350. The molecule has 0 radical (unpaired) electrons. The molecule has 0 heterocycles. The predicted molar refractivity (Wildman–Crippen MR) is 77.1 cm³/mol. The molecule has 1 aromatic rings. The topological polar surface area (TPSA) is 24.5 Å². The Morgan fingerprint density at radius 3 is 2.44 bits per heavy atom. The molecule has 1 unspecified atom stereocenters. The second kappa shape index (κ2) is 7.39. The van der Waals surface area contributed by atoms with Gasteiger partial charge in [-0.15, -0.1) is 0 Å². The summed E-state index contributed by atoms with van der Waals surface area (Å²) >= 11 is 0. The number of benzene rings is 1. The van der Waals surface area contributed by atoms with Crippen LogP contribution in [0.25, 0.3) is 0 Å². The molecule has 0 fully saturated rings. The van der Waals surface area contributed by atoms with Crippen molar-refractivity contribution in [3.63, 3.8) is 0 Å². The van der Waals surface area contributed by atoms with E-state index in [-0.39, 0.29) is 6.10 Å². The van der Waals surface area contributed by atoms with Crippen LogP contribution in [0.15, 0.2) is 24.3 Å². The van der Waals surface area contributed by atoms with Crippen LogP contribution in [0, 0.1) is 0 Å². The predicted octanol–water partition coefficient (Wildman–Crippen LogP) is 2.51. The van der Waals surface area contributed by atoms with Crippen LogP contribution in [-0.2, 0) is 6.54 Å². The summed E-state index contributed by atoms with van der Waals surface area (Å²) in [6.07, 6.45) is 0.213. The first-order valence-electron chi connectivity index (χ1n) is 6.61. The third kappa shape index (κ3) is 5.52. The fraction of sp³-hybridized carbons (Fsp3) is 0.600. The van der Waals surface area contributed by atoms with E-state index in [0.29, 0.717) is 6.04 Å². The van der Waals surface area contributed by atoms with Crippen LogP contribution in [0.3, 0.4) is 0 Å². The molecule has 0 bridgehead atoms. The van der Waals surface area contributed by atoms with Gasteiger partial charge >= 0.3 is 0 Å². The molecule has 3 nitrogen and oxygen atoms in total. The second-order valence-electron chi connectivity index (χ2n) is 5.32. The van der Waals surface area contributed by atoms with Crippen LogP contribution < -0.4 is 10.1 Å². The lowest BCUT2D eigenvalue weighted by atomic mass is 10.2. The zero-order valence-electron chi connectivity index (χ0n) is 12.2. The van der Waals surface area contributed by atoms with E-state index >= 15 is 0 Å². The molecular formula is C15H26N2O. The number of hydrogen-bond donors (Lipinski definition) is 1. The average molecular weight is 250 g/mol. The zero-order valence-corrected chi connectivity index (χ0v) is 12.2. The first-order valence-corrected chi connectivity index (χ1v) is 6.61. The number of nitrogens with one attached hydrogen (secondary N) is 1. The molecule has 1 atom stereocenters. The van der Waals surface area contributed by atoms with E-state index < -0.39 is 0 Å². The molecule has 0 aliphatic rings.